The topological polar surface area (TPSA) is 58.5 Å². The number of hydrogen-bond acceptors (Lipinski definition) is 5. The Bertz CT molecular complexity index is 342. The van der Waals surface area contributed by atoms with Crippen molar-refractivity contribution >= 4 is 5.82 Å². The van der Waals surface area contributed by atoms with Crippen molar-refractivity contribution in [3.8, 4) is 0 Å². The van der Waals surface area contributed by atoms with Crippen LogP contribution in [0.4, 0.5) is 5.82 Å². The molecule has 1 saturated carbocycles. The number of hydrogen-bond donors (Lipinski definition) is 1. The maximum atomic E-state index is 9.03. The Hall–Kier alpha value is -1.20. The second-order valence-corrected chi connectivity index (χ2v) is 3.94. The van der Waals surface area contributed by atoms with E-state index in [2.05, 4.69) is 14.9 Å². The highest BCUT2D eigenvalue weighted by molar-refractivity contribution is 5.39. The minimum absolute atomic E-state index is 0.0658. The van der Waals surface area contributed by atoms with Crippen molar-refractivity contribution < 1.29 is 9.84 Å². The molecule has 0 atom stereocenters. The number of ether oxygens (including phenoxy) is 1. The van der Waals surface area contributed by atoms with Gasteiger partial charge in [0.05, 0.1) is 31.3 Å². The largest absolute Gasteiger partial charge is 0.390 e. The normalized spacial score (nSPS) is 15.1. The van der Waals surface area contributed by atoms with Gasteiger partial charge in [0.1, 0.15) is 5.82 Å². The summed E-state index contributed by atoms with van der Waals surface area (Å²) in [6.07, 6.45) is 5.74. The van der Waals surface area contributed by atoms with Crippen LogP contribution in [0.25, 0.3) is 0 Å². The van der Waals surface area contributed by atoms with Gasteiger partial charge in [0.25, 0.3) is 0 Å². The molecular weight excluding hydrogens is 206 g/mol. The number of anilines is 1. The molecule has 1 fully saturated rings. The molecule has 0 amide bonds. The maximum absolute atomic E-state index is 9.03. The molecule has 0 radical (unpaired) electrons. The average Bonchev–Trinajstić information content (AvgIpc) is 3.14. The first-order valence-corrected chi connectivity index (χ1v) is 5.52. The van der Waals surface area contributed by atoms with Crippen LogP contribution in [-0.4, -0.2) is 41.4 Å². The third-order valence-electron chi connectivity index (χ3n) is 2.65. The maximum Gasteiger partial charge on any atom is 0.147 e. The quantitative estimate of drug-likeness (QED) is 0.764. The number of nitrogens with zero attached hydrogens (tertiary/aromatic N) is 3. The van der Waals surface area contributed by atoms with Gasteiger partial charge < -0.3 is 14.7 Å². The van der Waals surface area contributed by atoms with Crippen molar-refractivity contribution in [2.45, 2.75) is 25.5 Å². The monoisotopic (exact) mass is 223 g/mol. The lowest BCUT2D eigenvalue weighted by molar-refractivity contribution is 0.204. The minimum Gasteiger partial charge on any atom is -0.390 e. The van der Waals surface area contributed by atoms with Crippen LogP contribution in [0.1, 0.15) is 18.5 Å². The molecule has 1 N–H and O–H groups in total. The molecule has 5 nitrogen and oxygen atoms in total. The van der Waals surface area contributed by atoms with Gasteiger partial charge in [-0.05, 0) is 12.8 Å². The van der Waals surface area contributed by atoms with Crippen LogP contribution in [0.5, 0.6) is 0 Å². The molecule has 1 aromatic rings. The number of rotatable bonds is 6. The predicted molar refractivity (Wildman–Crippen MR) is 60.2 cm³/mol. The third-order valence-corrected chi connectivity index (χ3v) is 2.65. The van der Waals surface area contributed by atoms with E-state index >= 15 is 0 Å². The highest BCUT2D eigenvalue weighted by atomic mass is 16.5. The van der Waals surface area contributed by atoms with E-state index in [1.165, 1.54) is 12.8 Å². The lowest BCUT2D eigenvalue weighted by atomic mass is 10.4. The SMILES string of the molecule is COCCN(c1cncc(CO)n1)C1CC1. The Kier molecular flexibility index (Phi) is 3.69. The number of methoxy groups -OCH3 is 1. The van der Waals surface area contributed by atoms with E-state index in [9.17, 15) is 0 Å². The van der Waals surface area contributed by atoms with Crippen LogP contribution >= 0.6 is 0 Å². The lowest BCUT2D eigenvalue weighted by Gasteiger charge is -2.22. The van der Waals surface area contributed by atoms with Gasteiger partial charge >= 0.3 is 0 Å². The molecule has 1 aliphatic rings. The standard InChI is InChI=1S/C11H17N3O2/c1-16-5-4-14(10-2-3-10)11-7-12-6-9(8-15)13-11/h6-7,10,15H,2-5,8H2,1H3. The van der Waals surface area contributed by atoms with E-state index in [1.54, 1.807) is 19.5 Å². The van der Waals surface area contributed by atoms with Crippen molar-refractivity contribution in [1.82, 2.24) is 9.97 Å². The molecule has 16 heavy (non-hydrogen) atoms. The summed E-state index contributed by atoms with van der Waals surface area (Å²) in [7, 11) is 1.70. The van der Waals surface area contributed by atoms with Crippen LogP contribution in [-0.2, 0) is 11.3 Å². The minimum atomic E-state index is -0.0658. The summed E-state index contributed by atoms with van der Waals surface area (Å²) < 4.78 is 5.09. The zero-order valence-electron chi connectivity index (χ0n) is 9.46. The van der Waals surface area contributed by atoms with Crippen LogP contribution in [0.2, 0.25) is 0 Å². The number of aliphatic hydroxyl groups is 1. The predicted octanol–water partition coefficient (Wildman–Crippen LogP) is 0.584. The molecule has 1 aromatic heterocycles. The van der Waals surface area contributed by atoms with Crippen LogP contribution < -0.4 is 4.90 Å². The van der Waals surface area contributed by atoms with Crippen molar-refractivity contribution in [1.29, 1.82) is 0 Å². The van der Waals surface area contributed by atoms with Gasteiger partial charge in [0.2, 0.25) is 0 Å². The van der Waals surface area contributed by atoms with Gasteiger partial charge in [0.15, 0.2) is 0 Å². The van der Waals surface area contributed by atoms with Gasteiger partial charge in [-0.15, -0.1) is 0 Å². The van der Waals surface area contributed by atoms with E-state index in [4.69, 9.17) is 9.84 Å². The first kappa shape index (κ1) is 11.3. The number of aliphatic hydroxyl groups excluding tert-OH is 1. The fraction of sp³-hybridized carbons (Fsp3) is 0.636. The zero-order chi connectivity index (χ0) is 11.4. The van der Waals surface area contributed by atoms with E-state index in [0.29, 0.717) is 18.3 Å². The van der Waals surface area contributed by atoms with Gasteiger partial charge in [-0.2, -0.15) is 0 Å². The molecule has 0 saturated heterocycles. The van der Waals surface area contributed by atoms with Crippen molar-refractivity contribution in [2.75, 3.05) is 25.2 Å². The molecule has 5 heteroatoms. The summed E-state index contributed by atoms with van der Waals surface area (Å²) in [6, 6.07) is 0.568. The Labute approximate surface area is 95.1 Å². The van der Waals surface area contributed by atoms with Crippen molar-refractivity contribution in [3.05, 3.63) is 18.1 Å². The molecule has 0 spiro atoms. The van der Waals surface area contributed by atoms with Crippen LogP contribution in [0, 0.1) is 0 Å². The van der Waals surface area contributed by atoms with Crippen LogP contribution in [0.3, 0.4) is 0 Å². The molecule has 0 aromatic carbocycles. The van der Waals surface area contributed by atoms with E-state index in [-0.39, 0.29) is 6.61 Å². The molecule has 0 aliphatic heterocycles. The molecule has 0 unspecified atom stereocenters. The summed E-state index contributed by atoms with van der Waals surface area (Å²) in [4.78, 5) is 10.7. The molecule has 0 bridgehead atoms. The second-order valence-electron chi connectivity index (χ2n) is 3.94. The smallest absolute Gasteiger partial charge is 0.147 e. The fourth-order valence-corrected chi connectivity index (χ4v) is 1.67. The zero-order valence-corrected chi connectivity index (χ0v) is 9.46. The summed E-state index contributed by atoms with van der Waals surface area (Å²) in [5.41, 5.74) is 0.612. The summed E-state index contributed by atoms with van der Waals surface area (Å²) in [6.45, 7) is 1.44. The summed E-state index contributed by atoms with van der Waals surface area (Å²) >= 11 is 0. The van der Waals surface area contributed by atoms with Gasteiger partial charge in [-0.25, -0.2) is 4.98 Å². The van der Waals surface area contributed by atoms with Crippen molar-refractivity contribution in [2.24, 2.45) is 0 Å². The molecule has 1 heterocycles. The number of aromatic nitrogens is 2. The Balaban J connectivity index is 2.10. The molecule has 1 aliphatic carbocycles. The van der Waals surface area contributed by atoms with E-state index in [0.717, 1.165) is 12.4 Å². The Morgan fingerprint density at radius 1 is 1.50 bits per heavy atom. The third kappa shape index (κ3) is 2.68. The first-order valence-electron chi connectivity index (χ1n) is 5.52. The summed E-state index contributed by atoms with van der Waals surface area (Å²) in [5.74, 6) is 0.839. The van der Waals surface area contributed by atoms with Crippen molar-refractivity contribution in [3.63, 3.8) is 0 Å². The Morgan fingerprint density at radius 2 is 2.31 bits per heavy atom. The first-order chi connectivity index (χ1) is 7.85. The average molecular weight is 223 g/mol. The summed E-state index contributed by atoms with van der Waals surface area (Å²) in [5, 5.41) is 9.03. The molecular formula is C11H17N3O2. The fourth-order valence-electron chi connectivity index (χ4n) is 1.67. The highest BCUT2D eigenvalue weighted by Crippen LogP contribution is 2.29. The van der Waals surface area contributed by atoms with Crippen LogP contribution in [0.15, 0.2) is 12.4 Å². The van der Waals surface area contributed by atoms with Gasteiger partial charge in [-0.1, -0.05) is 0 Å². The Morgan fingerprint density at radius 3 is 2.94 bits per heavy atom. The lowest BCUT2D eigenvalue weighted by Crippen LogP contribution is -2.30. The van der Waals surface area contributed by atoms with Gasteiger partial charge in [0, 0.05) is 19.7 Å². The molecule has 2 rings (SSSR count). The molecule has 88 valence electrons. The van der Waals surface area contributed by atoms with Gasteiger partial charge in [-0.3, -0.25) is 4.98 Å². The highest BCUT2D eigenvalue weighted by Gasteiger charge is 2.29. The second kappa shape index (κ2) is 5.23. The van der Waals surface area contributed by atoms with E-state index in [1.807, 2.05) is 0 Å². The van der Waals surface area contributed by atoms with E-state index < -0.39 is 0 Å².